The molecular formula is C15H15N5. The van der Waals surface area contributed by atoms with Crippen molar-refractivity contribution in [1.29, 1.82) is 0 Å². The second kappa shape index (κ2) is 5.13. The number of hydrogen-bond acceptors (Lipinski definition) is 4. The molecule has 0 saturated heterocycles. The minimum absolute atomic E-state index is 0.741. The molecule has 2 heterocycles. The first-order valence-corrected chi connectivity index (χ1v) is 6.35. The highest BCUT2D eigenvalue weighted by atomic mass is 15.4. The van der Waals surface area contributed by atoms with Crippen LogP contribution in [0.15, 0.2) is 48.8 Å². The van der Waals surface area contributed by atoms with E-state index in [1.54, 1.807) is 4.52 Å². The first-order chi connectivity index (χ1) is 9.74. The summed E-state index contributed by atoms with van der Waals surface area (Å²) in [5, 5.41) is 12.8. The van der Waals surface area contributed by atoms with Crippen LogP contribution >= 0.6 is 0 Å². The predicted octanol–water partition coefficient (Wildman–Crippen LogP) is 2.32. The number of benzene rings is 1. The van der Waals surface area contributed by atoms with E-state index in [1.165, 1.54) is 0 Å². The van der Waals surface area contributed by atoms with E-state index < -0.39 is 0 Å². The lowest BCUT2D eigenvalue weighted by Gasteiger charge is -2.03. The van der Waals surface area contributed by atoms with Crippen molar-refractivity contribution in [1.82, 2.24) is 24.7 Å². The Morgan fingerprint density at radius 2 is 1.90 bits per heavy atom. The van der Waals surface area contributed by atoms with E-state index in [-0.39, 0.29) is 0 Å². The van der Waals surface area contributed by atoms with Gasteiger partial charge in [0.2, 0.25) is 0 Å². The Balaban J connectivity index is 2.03. The summed E-state index contributed by atoms with van der Waals surface area (Å²) in [5.41, 5.74) is 2.74. The van der Waals surface area contributed by atoms with Gasteiger partial charge in [-0.3, -0.25) is 0 Å². The third-order valence-corrected chi connectivity index (χ3v) is 2.88. The fourth-order valence-electron chi connectivity index (χ4n) is 1.90. The van der Waals surface area contributed by atoms with Crippen molar-refractivity contribution < 1.29 is 0 Å². The average Bonchev–Trinajstić information content (AvgIpc) is 2.89. The summed E-state index contributed by atoms with van der Waals surface area (Å²) in [6.07, 6.45) is 5.77. The molecule has 0 spiro atoms. The highest BCUT2D eigenvalue weighted by Crippen LogP contribution is 2.17. The molecule has 0 radical (unpaired) electrons. The standard InChI is InChI=1S/C15H15N5/c1-19(2)9-8-12-10-14-17-18-15(20(14)16-11-12)13-6-4-3-5-7-13/h3-11H,1-2H3. The largest absolute Gasteiger partial charge is 0.383 e. The van der Waals surface area contributed by atoms with E-state index in [9.17, 15) is 0 Å². The van der Waals surface area contributed by atoms with Gasteiger partial charge in [-0.2, -0.15) is 9.61 Å². The molecule has 0 unspecified atom stereocenters. The SMILES string of the molecule is CN(C)C=Cc1cnn2c(-c3ccccc3)nnc2c1. The minimum Gasteiger partial charge on any atom is -0.383 e. The van der Waals surface area contributed by atoms with E-state index in [0.717, 1.165) is 22.6 Å². The quantitative estimate of drug-likeness (QED) is 0.729. The van der Waals surface area contributed by atoms with Crippen LogP contribution in [0, 0.1) is 0 Å². The van der Waals surface area contributed by atoms with Crippen LogP contribution < -0.4 is 0 Å². The number of fused-ring (bicyclic) bond motifs is 1. The molecule has 100 valence electrons. The molecule has 0 N–H and O–H groups in total. The van der Waals surface area contributed by atoms with Gasteiger partial charge in [0.25, 0.3) is 0 Å². The summed E-state index contributed by atoms with van der Waals surface area (Å²) in [7, 11) is 3.96. The number of aromatic nitrogens is 4. The van der Waals surface area contributed by atoms with E-state index in [1.807, 2.05) is 73.9 Å². The van der Waals surface area contributed by atoms with Crippen LogP contribution in [0.5, 0.6) is 0 Å². The monoisotopic (exact) mass is 265 g/mol. The first-order valence-electron chi connectivity index (χ1n) is 6.35. The molecule has 0 aliphatic heterocycles. The zero-order valence-electron chi connectivity index (χ0n) is 11.4. The van der Waals surface area contributed by atoms with Crippen LogP contribution in [-0.4, -0.2) is 38.8 Å². The molecule has 3 aromatic rings. The Morgan fingerprint density at radius 1 is 1.10 bits per heavy atom. The molecule has 1 aromatic carbocycles. The fourth-order valence-corrected chi connectivity index (χ4v) is 1.90. The van der Waals surface area contributed by atoms with Crippen LogP contribution in [0.25, 0.3) is 23.1 Å². The van der Waals surface area contributed by atoms with Crippen LogP contribution in [0.3, 0.4) is 0 Å². The lowest BCUT2D eigenvalue weighted by molar-refractivity contribution is 0.567. The normalized spacial score (nSPS) is 11.3. The van der Waals surface area contributed by atoms with Crippen molar-refractivity contribution in [2.75, 3.05) is 14.1 Å². The molecule has 0 bridgehead atoms. The lowest BCUT2D eigenvalue weighted by Crippen LogP contribution is -2.00. The Kier molecular flexibility index (Phi) is 3.16. The second-order valence-electron chi connectivity index (χ2n) is 4.73. The van der Waals surface area contributed by atoms with Crippen molar-refractivity contribution in [3.05, 3.63) is 54.4 Å². The molecular weight excluding hydrogens is 250 g/mol. The van der Waals surface area contributed by atoms with Gasteiger partial charge in [0.15, 0.2) is 11.5 Å². The molecule has 5 nitrogen and oxygen atoms in total. The van der Waals surface area contributed by atoms with Crippen LogP contribution in [0.2, 0.25) is 0 Å². The topological polar surface area (TPSA) is 46.3 Å². The summed E-state index contributed by atoms with van der Waals surface area (Å²) in [6, 6.07) is 11.9. The lowest BCUT2D eigenvalue weighted by atomic mass is 10.2. The first kappa shape index (κ1) is 12.3. The van der Waals surface area contributed by atoms with Gasteiger partial charge in [0.1, 0.15) is 0 Å². The van der Waals surface area contributed by atoms with Gasteiger partial charge in [-0.05, 0) is 23.9 Å². The predicted molar refractivity (Wildman–Crippen MR) is 78.9 cm³/mol. The van der Waals surface area contributed by atoms with Crippen molar-refractivity contribution in [2.45, 2.75) is 0 Å². The summed E-state index contributed by atoms with van der Waals surface area (Å²) >= 11 is 0. The van der Waals surface area contributed by atoms with Gasteiger partial charge in [-0.15, -0.1) is 10.2 Å². The second-order valence-corrected chi connectivity index (χ2v) is 4.73. The molecule has 0 atom stereocenters. The molecule has 20 heavy (non-hydrogen) atoms. The molecule has 3 rings (SSSR count). The summed E-state index contributed by atoms with van der Waals surface area (Å²) < 4.78 is 1.75. The third-order valence-electron chi connectivity index (χ3n) is 2.88. The van der Waals surface area contributed by atoms with Crippen LogP contribution in [0.1, 0.15) is 5.56 Å². The van der Waals surface area contributed by atoms with Gasteiger partial charge in [0, 0.05) is 19.7 Å². The maximum Gasteiger partial charge on any atom is 0.185 e. The zero-order valence-corrected chi connectivity index (χ0v) is 11.4. The Morgan fingerprint density at radius 3 is 2.65 bits per heavy atom. The number of hydrogen-bond donors (Lipinski definition) is 0. The van der Waals surface area contributed by atoms with Gasteiger partial charge in [-0.25, -0.2) is 0 Å². The average molecular weight is 265 g/mol. The van der Waals surface area contributed by atoms with Gasteiger partial charge >= 0.3 is 0 Å². The Labute approximate surface area is 117 Å². The molecule has 0 amide bonds. The van der Waals surface area contributed by atoms with Crippen molar-refractivity contribution >= 4 is 11.7 Å². The summed E-state index contributed by atoms with van der Waals surface area (Å²) in [6.45, 7) is 0. The molecule has 0 aliphatic rings. The summed E-state index contributed by atoms with van der Waals surface area (Å²) in [5.74, 6) is 0.753. The molecule has 0 saturated carbocycles. The number of rotatable bonds is 3. The van der Waals surface area contributed by atoms with E-state index in [2.05, 4.69) is 15.3 Å². The smallest absolute Gasteiger partial charge is 0.185 e. The molecule has 5 heteroatoms. The van der Waals surface area contributed by atoms with E-state index in [4.69, 9.17) is 0 Å². The van der Waals surface area contributed by atoms with Crippen LogP contribution in [-0.2, 0) is 0 Å². The molecule has 0 fully saturated rings. The van der Waals surface area contributed by atoms with Gasteiger partial charge in [0.05, 0.1) is 6.20 Å². The van der Waals surface area contributed by atoms with Gasteiger partial charge in [-0.1, -0.05) is 30.3 Å². The van der Waals surface area contributed by atoms with E-state index in [0.29, 0.717) is 0 Å². The van der Waals surface area contributed by atoms with E-state index >= 15 is 0 Å². The molecule has 2 aromatic heterocycles. The number of nitrogens with zero attached hydrogens (tertiary/aromatic N) is 5. The minimum atomic E-state index is 0.741. The highest BCUT2D eigenvalue weighted by Gasteiger charge is 2.08. The van der Waals surface area contributed by atoms with Gasteiger partial charge < -0.3 is 4.90 Å². The van der Waals surface area contributed by atoms with Crippen LogP contribution in [0.4, 0.5) is 0 Å². The third kappa shape index (κ3) is 2.38. The molecule has 0 aliphatic carbocycles. The zero-order chi connectivity index (χ0) is 13.9. The van der Waals surface area contributed by atoms with Crippen molar-refractivity contribution in [2.24, 2.45) is 0 Å². The maximum atomic E-state index is 4.42. The Bertz CT molecular complexity index is 743. The fraction of sp³-hybridized carbons (Fsp3) is 0.133. The van der Waals surface area contributed by atoms with Crippen molar-refractivity contribution in [3.63, 3.8) is 0 Å². The maximum absolute atomic E-state index is 4.42. The summed E-state index contributed by atoms with van der Waals surface area (Å²) in [4.78, 5) is 1.98. The van der Waals surface area contributed by atoms with Crippen molar-refractivity contribution in [3.8, 4) is 11.4 Å². The Hall–Kier alpha value is -2.69. The highest BCUT2D eigenvalue weighted by molar-refractivity contribution is 5.60.